The molecule has 0 saturated carbocycles. The van der Waals surface area contributed by atoms with Crippen molar-refractivity contribution in [3.05, 3.63) is 45.7 Å². The molecule has 1 fully saturated rings. The van der Waals surface area contributed by atoms with E-state index in [-0.39, 0.29) is 12.5 Å². The summed E-state index contributed by atoms with van der Waals surface area (Å²) in [6.07, 6.45) is 0. The van der Waals surface area contributed by atoms with Gasteiger partial charge in [0.05, 0.1) is 18.1 Å². The maximum atomic E-state index is 12.6. The van der Waals surface area contributed by atoms with Crippen LogP contribution in [0.25, 0.3) is 10.4 Å². The predicted molar refractivity (Wildman–Crippen MR) is 90.7 cm³/mol. The van der Waals surface area contributed by atoms with Crippen molar-refractivity contribution in [1.82, 2.24) is 4.90 Å². The van der Waals surface area contributed by atoms with Gasteiger partial charge >= 0.3 is 5.97 Å². The number of carboxylic acid groups (broad SMARTS) is 1. The van der Waals surface area contributed by atoms with Gasteiger partial charge in [0, 0.05) is 15.9 Å². The van der Waals surface area contributed by atoms with Gasteiger partial charge in [0.25, 0.3) is 5.91 Å². The van der Waals surface area contributed by atoms with Gasteiger partial charge in [-0.05, 0) is 29.8 Å². The molecule has 1 N–H and O–H groups in total. The van der Waals surface area contributed by atoms with Crippen LogP contribution in [-0.2, 0) is 9.53 Å². The number of rotatable bonds is 3. The van der Waals surface area contributed by atoms with E-state index in [2.05, 4.69) is 15.9 Å². The SMILES string of the molecule is O=C(O)C1COCCN1C(=O)c1ccc(-c2ccc(Br)cc2)s1. The number of nitrogens with zero attached hydrogens (tertiary/aromatic N) is 1. The number of thiophene rings is 1. The Kier molecular flexibility index (Phi) is 4.79. The van der Waals surface area contributed by atoms with E-state index in [0.29, 0.717) is 18.0 Å². The van der Waals surface area contributed by atoms with Crippen molar-refractivity contribution in [2.75, 3.05) is 19.8 Å². The number of amides is 1. The number of ether oxygens (including phenoxy) is 1. The smallest absolute Gasteiger partial charge is 0.328 e. The molecule has 2 heterocycles. The zero-order valence-electron chi connectivity index (χ0n) is 12.1. The number of carbonyl (C=O) groups excluding carboxylic acids is 1. The van der Waals surface area contributed by atoms with Gasteiger partial charge in [-0.15, -0.1) is 11.3 Å². The van der Waals surface area contributed by atoms with Crippen LogP contribution in [0.3, 0.4) is 0 Å². The number of carbonyl (C=O) groups is 2. The van der Waals surface area contributed by atoms with Gasteiger partial charge in [-0.25, -0.2) is 4.79 Å². The summed E-state index contributed by atoms with van der Waals surface area (Å²) >= 11 is 4.76. The zero-order valence-corrected chi connectivity index (χ0v) is 14.5. The lowest BCUT2D eigenvalue weighted by Gasteiger charge is -2.32. The second kappa shape index (κ2) is 6.82. The molecule has 1 unspecified atom stereocenters. The standard InChI is InChI=1S/C16H14BrNO4S/c17-11-3-1-10(2-4-11)13-5-6-14(23-13)15(19)18-7-8-22-9-12(18)16(20)21/h1-6,12H,7-9H2,(H,20,21). The van der Waals surface area contributed by atoms with Gasteiger partial charge < -0.3 is 14.7 Å². The van der Waals surface area contributed by atoms with Crippen LogP contribution in [0.4, 0.5) is 0 Å². The van der Waals surface area contributed by atoms with Crippen LogP contribution in [0.1, 0.15) is 9.67 Å². The minimum Gasteiger partial charge on any atom is -0.480 e. The van der Waals surface area contributed by atoms with Crippen molar-refractivity contribution < 1.29 is 19.4 Å². The summed E-state index contributed by atoms with van der Waals surface area (Å²) in [5.41, 5.74) is 1.02. The molecule has 23 heavy (non-hydrogen) atoms. The molecule has 1 aliphatic rings. The quantitative estimate of drug-likeness (QED) is 0.866. The number of hydrogen-bond acceptors (Lipinski definition) is 4. The minimum atomic E-state index is -1.04. The average molecular weight is 396 g/mol. The van der Waals surface area contributed by atoms with E-state index < -0.39 is 12.0 Å². The molecule has 7 heteroatoms. The first-order chi connectivity index (χ1) is 11.1. The summed E-state index contributed by atoms with van der Waals surface area (Å²) in [7, 11) is 0. The number of aliphatic carboxylic acids is 1. The molecule has 3 rings (SSSR count). The monoisotopic (exact) mass is 395 g/mol. The van der Waals surface area contributed by atoms with E-state index in [4.69, 9.17) is 4.74 Å². The van der Waals surface area contributed by atoms with Crippen LogP contribution in [0.5, 0.6) is 0 Å². The van der Waals surface area contributed by atoms with Gasteiger partial charge in [-0.2, -0.15) is 0 Å². The van der Waals surface area contributed by atoms with Crippen molar-refractivity contribution in [1.29, 1.82) is 0 Å². The lowest BCUT2D eigenvalue weighted by Crippen LogP contribution is -2.52. The van der Waals surface area contributed by atoms with Gasteiger partial charge in [0.15, 0.2) is 6.04 Å². The van der Waals surface area contributed by atoms with Crippen molar-refractivity contribution in [3.8, 4) is 10.4 Å². The molecule has 1 aliphatic heterocycles. The number of halogens is 1. The number of carboxylic acids is 1. The lowest BCUT2D eigenvalue weighted by atomic mass is 10.2. The van der Waals surface area contributed by atoms with Crippen LogP contribution in [-0.4, -0.2) is 47.7 Å². The molecule has 0 aliphatic carbocycles. The van der Waals surface area contributed by atoms with Crippen LogP contribution in [0, 0.1) is 0 Å². The van der Waals surface area contributed by atoms with Crippen molar-refractivity contribution in [2.24, 2.45) is 0 Å². The molecule has 120 valence electrons. The summed E-state index contributed by atoms with van der Waals surface area (Å²) < 4.78 is 6.16. The number of morpholine rings is 1. The lowest BCUT2D eigenvalue weighted by molar-refractivity contribution is -0.147. The van der Waals surface area contributed by atoms with Crippen LogP contribution in [0.2, 0.25) is 0 Å². The second-order valence-corrected chi connectivity index (χ2v) is 7.10. The molecule has 2 aromatic rings. The van der Waals surface area contributed by atoms with Crippen LogP contribution in [0.15, 0.2) is 40.9 Å². The fourth-order valence-electron chi connectivity index (χ4n) is 2.42. The first kappa shape index (κ1) is 16.2. The minimum absolute atomic E-state index is 0.0337. The van der Waals surface area contributed by atoms with Crippen molar-refractivity contribution >= 4 is 39.1 Å². The first-order valence-corrected chi connectivity index (χ1v) is 8.64. The molecule has 0 bridgehead atoms. The molecule has 1 amide bonds. The molecule has 1 aromatic heterocycles. The average Bonchev–Trinajstić information content (AvgIpc) is 3.04. The van der Waals surface area contributed by atoms with E-state index in [1.54, 1.807) is 6.07 Å². The molecule has 5 nitrogen and oxygen atoms in total. The molecular formula is C16H14BrNO4S. The van der Waals surface area contributed by atoms with E-state index in [1.807, 2.05) is 30.3 Å². The highest BCUT2D eigenvalue weighted by Gasteiger charge is 2.33. The van der Waals surface area contributed by atoms with Gasteiger partial charge in [0.1, 0.15) is 0 Å². The topological polar surface area (TPSA) is 66.8 Å². The Labute approximate surface area is 145 Å². The van der Waals surface area contributed by atoms with E-state index in [1.165, 1.54) is 16.2 Å². The van der Waals surface area contributed by atoms with E-state index >= 15 is 0 Å². The molecule has 1 saturated heterocycles. The zero-order chi connectivity index (χ0) is 16.4. The van der Waals surface area contributed by atoms with Gasteiger partial charge in [0.2, 0.25) is 0 Å². The maximum Gasteiger partial charge on any atom is 0.328 e. The Morgan fingerprint density at radius 3 is 2.65 bits per heavy atom. The summed E-state index contributed by atoms with van der Waals surface area (Å²) in [5, 5.41) is 9.24. The largest absolute Gasteiger partial charge is 0.480 e. The second-order valence-electron chi connectivity index (χ2n) is 5.10. The summed E-state index contributed by atoms with van der Waals surface area (Å²) in [5.74, 6) is -1.29. The molecule has 1 atom stereocenters. The number of hydrogen-bond donors (Lipinski definition) is 1. The summed E-state index contributed by atoms with van der Waals surface area (Å²) in [4.78, 5) is 26.8. The Balaban J connectivity index is 1.83. The Morgan fingerprint density at radius 1 is 1.22 bits per heavy atom. The highest BCUT2D eigenvalue weighted by molar-refractivity contribution is 9.10. The van der Waals surface area contributed by atoms with Gasteiger partial charge in [-0.1, -0.05) is 28.1 Å². The van der Waals surface area contributed by atoms with Gasteiger partial charge in [-0.3, -0.25) is 4.79 Å². The highest BCUT2D eigenvalue weighted by Crippen LogP contribution is 2.30. The summed E-state index contributed by atoms with van der Waals surface area (Å²) in [6.45, 7) is 0.688. The Hall–Kier alpha value is -1.70. The summed E-state index contributed by atoms with van der Waals surface area (Å²) in [6, 6.07) is 10.5. The third kappa shape index (κ3) is 3.46. The predicted octanol–water partition coefficient (Wildman–Crippen LogP) is 3.10. The number of benzene rings is 1. The van der Waals surface area contributed by atoms with E-state index in [9.17, 15) is 14.7 Å². The van der Waals surface area contributed by atoms with E-state index in [0.717, 1.165) is 14.9 Å². The normalized spacial score (nSPS) is 18.0. The molecular weight excluding hydrogens is 382 g/mol. The Bertz CT molecular complexity index is 728. The van der Waals surface area contributed by atoms with Crippen molar-refractivity contribution in [3.63, 3.8) is 0 Å². The van der Waals surface area contributed by atoms with Crippen LogP contribution < -0.4 is 0 Å². The highest BCUT2D eigenvalue weighted by atomic mass is 79.9. The fourth-order valence-corrected chi connectivity index (χ4v) is 3.65. The van der Waals surface area contributed by atoms with Crippen molar-refractivity contribution in [2.45, 2.75) is 6.04 Å². The molecule has 1 aromatic carbocycles. The van der Waals surface area contributed by atoms with Crippen LogP contribution >= 0.6 is 27.3 Å². The third-order valence-corrected chi connectivity index (χ3v) is 5.27. The third-order valence-electron chi connectivity index (χ3n) is 3.62. The molecule has 0 spiro atoms. The Morgan fingerprint density at radius 2 is 1.96 bits per heavy atom. The fraction of sp³-hybridized carbons (Fsp3) is 0.250. The maximum absolute atomic E-state index is 12.6. The first-order valence-electron chi connectivity index (χ1n) is 7.03. The molecule has 0 radical (unpaired) electrons.